The molecular formula is C12H15F3N2O2. The van der Waals surface area contributed by atoms with E-state index in [0.29, 0.717) is 0 Å². The van der Waals surface area contributed by atoms with Crippen LogP contribution in [0.1, 0.15) is 12.6 Å². The van der Waals surface area contributed by atoms with Gasteiger partial charge in [0.15, 0.2) is 0 Å². The molecular weight excluding hydrogens is 261 g/mol. The number of nitrogens with zero attached hydrogens (tertiary/aromatic N) is 2. The van der Waals surface area contributed by atoms with Crippen LogP contribution in [-0.2, 0) is 15.7 Å². The Balaban J connectivity index is 2.83. The van der Waals surface area contributed by atoms with E-state index in [1.54, 1.807) is 14.0 Å². The second kappa shape index (κ2) is 5.90. The highest BCUT2D eigenvalue weighted by Gasteiger charge is 2.32. The van der Waals surface area contributed by atoms with Gasteiger partial charge in [-0.1, -0.05) is 13.0 Å². The summed E-state index contributed by atoms with van der Waals surface area (Å²) >= 11 is 0. The molecule has 7 heteroatoms. The fourth-order valence-electron chi connectivity index (χ4n) is 1.57. The molecule has 0 aromatic carbocycles. The summed E-state index contributed by atoms with van der Waals surface area (Å²) < 4.78 is 42.1. The molecule has 0 spiro atoms. The van der Waals surface area contributed by atoms with Crippen molar-refractivity contribution in [2.24, 2.45) is 5.92 Å². The van der Waals surface area contributed by atoms with Gasteiger partial charge in [0.2, 0.25) is 0 Å². The highest BCUT2D eigenvalue weighted by atomic mass is 19.4. The van der Waals surface area contributed by atoms with Gasteiger partial charge in [-0.3, -0.25) is 4.79 Å². The molecule has 1 heterocycles. The Morgan fingerprint density at radius 1 is 1.47 bits per heavy atom. The largest absolute Gasteiger partial charge is 0.469 e. The predicted octanol–water partition coefficient (Wildman–Crippen LogP) is 2.35. The zero-order chi connectivity index (χ0) is 14.6. The maximum atomic E-state index is 12.5. The van der Waals surface area contributed by atoms with E-state index in [1.165, 1.54) is 24.1 Å². The van der Waals surface area contributed by atoms with Crippen molar-refractivity contribution in [3.63, 3.8) is 0 Å². The second-order valence-electron chi connectivity index (χ2n) is 4.18. The molecule has 0 radical (unpaired) electrons. The number of carbonyl (C=O) groups excluding carboxylic acids is 1. The number of ether oxygens (including phenoxy) is 1. The van der Waals surface area contributed by atoms with Crippen LogP contribution < -0.4 is 4.90 Å². The maximum Gasteiger partial charge on any atom is 0.433 e. The fourth-order valence-corrected chi connectivity index (χ4v) is 1.57. The Bertz CT molecular complexity index is 449. The van der Waals surface area contributed by atoms with Crippen molar-refractivity contribution >= 4 is 11.8 Å². The minimum Gasteiger partial charge on any atom is -0.469 e. The molecule has 0 bridgehead atoms. The molecule has 1 unspecified atom stereocenters. The van der Waals surface area contributed by atoms with Crippen LogP contribution in [0.2, 0.25) is 0 Å². The third kappa shape index (κ3) is 4.11. The van der Waals surface area contributed by atoms with Crippen molar-refractivity contribution in [1.29, 1.82) is 0 Å². The lowest BCUT2D eigenvalue weighted by atomic mass is 10.2. The molecule has 0 aliphatic heterocycles. The third-order valence-electron chi connectivity index (χ3n) is 2.57. The van der Waals surface area contributed by atoms with Crippen molar-refractivity contribution < 1.29 is 22.7 Å². The van der Waals surface area contributed by atoms with Crippen LogP contribution in [0.4, 0.5) is 19.0 Å². The summed E-state index contributed by atoms with van der Waals surface area (Å²) in [5.41, 5.74) is -0.956. The molecule has 0 saturated carbocycles. The van der Waals surface area contributed by atoms with Crippen molar-refractivity contribution in [3.8, 4) is 0 Å². The van der Waals surface area contributed by atoms with E-state index in [9.17, 15) is 18.0 Å². The van der Waals surface area contributed by atoms with Gasteiger partial charge in [0, 0.05) is 13.6 Å². The number of hydrogen-bond donors (Lipinski definition) is 0. The van der Waals surface area contributed by atoms with Gasteiger partial charge in [-0.05, 0) is 12.1 Å². The molecule has 1 aromatic rings. The summed E-state index contributed by atoms with van der Waals surface area (Å²) in [6, 6.07) is 3.64. The summed E-state index contributed by atoms with van der Waals surface area (Å²) in [5, 5.41) is 0. The summed E-state index contributed by atoms with van der Waals surface area (Å²) in [4.78, 5) is 16.3. The average molecular weight is 276 g/mol. The smallest absolute Gasteiger partial charge is 0.433 e. The van der Waals surface area contributed by atoms with Gasteiger partial charge >= 0.3 is 12.1 Å². The van der Waals surface area contributed by atoms with Crippen LogP contribution in [0.3, 0.4) is 0 Å². The van der Waals surface area contributed by atoms with Gasteiger partial charge in [-0.25, -0.2) is 4.98 Å². The first-order valence-corrected chi connectivity index (χ1v) is 5.59. The number of rotatable bonds is 4. The van der Waals surface area contributed by atoms with E-state index in [0.717, 1.165) is 6.07 Å². The first-order chi connectivity index (χ1) is 8.75. The molecule has 0 saturated heterocycles. The number of alkyl halides is 3. The predicted molar refractivity (Wildman–Crippen MR) is 63.7 cm³/mol. The highest BCUT2D eigenvalue weighted by Crippen LogP contribution is 2.28. The zero-order valence-corrected chi connectivity index (χ0v) is 10.9. The number of anilines is 1. The van der Waals surface area contributed by atoms with Crippen LogP contribution in [0.5, 0.6) is 0 Å². The summed E-state index contributed by atoms with van der Waals surface area (Å²) in [7, 11) is 2.84. The standard InChI is InChI=1S/C12H15F3N2O2/c1-8(11(18)19-3)7-17(2)10-6-4-5-9(16-10)12(13,14)15/h4-6,8H,7H2,1-3H3. The first-order valence-electron chi connectivity index (χ1n) is 5.59. The van der Waals surface area contributed by atoms with Gasteiger partial charge < -0.3 is 9.64 Å². The molecule has 0 N–H and O–H groups in total. The van der Waals surface area contributed by atoms with E-state index in [-0.39, 0.29) is 12.4 Å². The summed E-state index contributed by atoms with van der Waals surface area (Å²) in [5.74, 6) is -0.712. The normalized spacial score (nSPS) is 12.9. The van der Waals surface area contributed by atoms with Crippen LogP contribution in [0, 0.1) is 5.92 Å². The van der Waals surface area contributed by atoms with Crippen LogP contribution in [0.25, 0.3) is 0 Å². The zero-order valence-electron chi connectivity index (χ0n) is 10.9. The van der Waals surface area contributed by atoms with Gasteiger partial charge in [0.25, 0.3) is 0 Å². The molecule has 106 valence electrons. The second-order valence-corrected chi connectivity index (χ2v) is 4.18. The number of esters is 1. The van der Waals surface area contributed by atoms with E-state index >= 15 is 0 Å². The van der Waals surface area contributed by atoms with Gasteiger partial charge in [0.1, 0.15) is 11.5 Å². The molecule has 19 heavy (non-hydrogen) atoms. The third-order valence-corrected chi connectivity index (χ3v) is 2.57. The van der Waals surface area contributed by atoms with E-state index < -0.39 is 23.8 Å². The maximum absolute atomic E-state index is 12.5. The lowest BCUT2D eigenvalue weighted by molar-refractivity contribution is -0.144. The number of hydrogen-bond acceptors (Lipinski definition) is 4. The molecule has 1 aromatic heterocycles. The minimum atomic E-state index is -4.48. The quantitative estimate of drug-likeness (QED) is 0.792. The Hall–Kier alpha value is -1.79. The fraction of sp³-hybridized carbons (Fsp3) is 0.500. The first kappa shape index (κ1) is 15.3. The van der Waals surface area contributed by atoms with Crippen molar-refractivity contribution in [2.75, 3.05) is 25.6 Å². The number of halogens is 3. The van der Waals surface area contributed by atoms with E-state index in [1.807, 2.05) is 0 Å². The number of carbonyl (C=O) groups is 1. The average Bonchev–Trinajstić information content (AvgIpc) is 2.36. The van der Waals surface area contributed by atoms with Crippen molar-refractivity contribution in [1.82, 2.24) is 4.98 Å². The van der Waals surface area contributed by atoms with Crippen LogP contribution >= 0.6 is 0 Å². The van der Waals surface area contributed by atoms with E-state index in [2.05, 4.69) is 9.72 Å². The Labute approximate surface area is 109 Å². The lowest BCUT2D eigenvalue weighted by Crippen LogP contribution is -2.30. The lowest BCUT2D eigenvalue weighted by Gasteiger charge is -2.21. The molecule has 0 aliphatic rings. The number of pyridine rings is 1. The van der Waals surface area contributed by atoms with Crippen LogP contribution in [0.15, 0.2) is 18.2 Å². The van der Waals surface area contributed by atoms with E-state index in [4.69, 9.17) is 0 Å². The van der Waals surface area contributed by atoms with Crippen molar-refractivity contribution in [2.45, 2.75) is 13.1 Å². The number of methoxy groups -OCH3 is 1. The Kier molecular flexibility index (Phi) is 4.74. The SMILES string of the molecule is COC(=O)C(C)CN(C)c1cccc(C(F)(F)F)n1. The molecule has 1 atom stereocenters. The van der Waals surface area contributed by atoms with Gasteiger partial charge in [-0.15, -0.1) is 0 Å². The Morgan fingerprint density at radius 2 is 2.11 bits per heavy atom. The molecule has 0 amide bonds. The molecule has 4 nitrogen and oxygen atoms in total. The topological polar surface area (TPSA) is 42.4 Å². The van der Waals surface area contributed by atoms with Crippen molar-refractivity contribution in [3.05, 3.63) is 23.9 Å². The minimum absolute atomic E-state index is 0.158. The van der Waals surface area contributed by atoms with Crippen LogP contribution in [-0.4, -0.2) is 31.7 Å². The van der Waals surface area contributed by atoms with Gasteiger partial charge in [0.05, 0.1) is 13.0 Å². The summed E-state index contributed by atoms with van der Waals surface area (Å²) in [6.07, 6.45) is -4.48. The highest BCUT2D eigenvalue weighted by molar-refractivity contribution is 5.72. The van der Waals surface area contributed by atoms with Gasteiger partial charge in [-0.2, -0.15) is 13.2 Å². The monoisotopic (exact) mass is 276 g/mol. The molecule has 1 rings (SSSR count). The molecule has 0 aliphatic carbocycles. The molecule has 0 fully saturated rings. The summed E-state index contributed by atoms with van der Waals surface area (Å²) in [6.45, 7) is 1.86. The Morgan fingerprint density at radius 3 is 2.63 bits per heavy atom. The number of aromatic nitrogens is 1.